The third kappa shape index (κ3) is 3.41. The highest BCUT2D eigenvalue weighted by Gasteiger charge is 2.41. The molecule has 0 aromatic carbocycles. The number of carbonyl (C=O) groups excluding carboxylic acids is 1. The minimum absolute atomic E-state index is 0.0309. The van der Waals surface area contributed by atoms with Gasteiger partial charge in [-0.25, -0.2) is 0 Å². The van der Waals surface area contributed by atoms with Gasteiger partial charge in [0.2, 0.25) is 0 Å². The quantitative estimate of drug-likeness (QED) is 0.792. The monoisotopic (exact) mass is 395 g/mol. The molecule has 1 amide bonds. The Morgan fingerprint density at radius 3 is 2.65 bits per heavy atom. The maximum Gasteiger partial charge on any atom is 0.274 e. The lowest BCUT2D eigenvalue weighted by Gasteiger charge is -2.37. The van der Waals surface area contributed by atoms with Crippen molar-refractivity contribution >= 4 is 28.8 Å². The molecule has 2 fully saturated rings. The average Bonchev–Trinajstić information content (AvgIpc) is 3.36. The standard InChI is InChI=1S/C18H22ClN3O3S/c1-2-7-22-14(15-3-4-16(19)26-15)12-13(20-22)17(23)21-8-5-18(6-9-21)24-10-11-25-18/h3-4,12H,2,5-11H2,1H3. The first-order valence-corrected chi connectivity index (χ1v) is 10.2. The lowest BCUT2D eigenvalue weighted by atomic mass is 10.0. The number of aryl methyl sites for hydroxylation is 1. The molecule has 4 heterocycles. The number of likely N-dealkylation sites (tertiary alicyclic amines) is 1. The Morgan fingerprint density at radius 1 is 1.31 bits per heavy atom. The van der Waals surface area contributed by atoms with E-state index in [1.54, 1.807) is 0 Å². The van der Waals surface area contributed by atoms with Crippen LogP contribution < -0.4 is 0 Å². The minimum Gasteiger partial charge on any atom is -0.347 e. The zero-order chi connectivity index (χ0) is 18.1. The van der Waals surface area contributed by atoms with E-state index in [-0.39, 0.29) is 5.91 Å². The van der Waals surface area contributed by atoms with Gasteiger partial charge in [0.25, 0.3) is 5.91 Å². The van der Waals surface area contributed by atoms with Crippen LogP contribution in [-0.4, -0.2) is 52.7 Å². The molecule has 8 heteroatoms. The molecule has 2 aromatic rings. The van der Waals surface area contributed by atoms with Gasteiger partial charge in [-0.3, -0.25) is 9.48 Å². The van der Waals surface area contributed by atoms with E-state index in [0.717, 1.165) is 27.9 Å². The van der Waals surface area contributed by atoms with Crippen molar-refractivity contribution in [3.05, 3.63) is 28.2 Å². The Bertz CT molecular complexity index is 787. The maximum absolute atomic E-state index is 13.0. The first-order valence-electron chi connectivity index (χ1n) is 9.01. The fourth-order valence-corrected chi connectivity index (χ4v) is 4.62. The van der Waals surface area contributed by atoms with E-state index in [1.807, 2.05) is 27.8 Å². The molecule has 0 N–H and O–H groups in total. The maximum atomic E-state index is 13.0. The molecule has 0 bridgehead atoms. The van der Waals surface area contributed by atoms with Gasteiger partial charge < -0.3 is 14.4 Å². The van der Waals surface area contributed by atoms with Crippen LogP contribution in [0.5, 0.6) is 0 Å². The molecule has 2 saturated heterocycles. The third-order valence-corrected chi connectivity index (χ3v) is 6.14. The lowest BCUT2D eigenvalue weighted by molar-refractivity contribution is -0.181. The van der Waals surface area contributed by atoms with Crippen molar-refractivity contribution in [3.63, 3.8) is 0 Å². The van der Waals surface area contributed by atoms with Gasteiger partial charge in [-0.2, -0.15) is 5.10 Å². The van der Waals surface area contributed by atoms with Gasteiger partial charge >= 0.3 is 0 Å². The van der Waals surface area contributed by atoms with E-state index in [0.29, 0.717) is 44.8 Å². The summed E-state index contributed by atoms with van der Waals surface area (Å²) in [4.78, 5) is 15.8. The van der Waals surface area contributed by atoms with Gasteiger partial charge in [-0.1, -0.05) is 18.5 Å². The van der Waals surface area contributed by atoms with Crippen LogP contribution in [-0.2, 0) is 16.0 Å². The second-order valence-corrected chi connectivity index (χ2v) is 8.36. The van der Waals surface area contributed by atoms with Crippen LogP contribution >= 0.6 is 22.9 Å². The van der Waals surface area contributed by atoms with Crippen molar-refractivity contribution in [2.24, 2.45) is 0 Å². The highest BCUT2D eigenvalue weighted by atomic mass is 35.5. The summed E-state index contributed by atoms with van der Waals surface area (Å²) in [6.07, 6.45) is 2.37. The van der Waals surface area contributed by atoms with Crippen LogP contribution in [0.3, 0.4) is 0 Å². The number of carbonyl (C=O) groups is 1. The van der Waals surface area contributed by atoms with E-state index in [4.69, 9.17) is 21.1 Å². The van der Waals surface area contributed by atoms with E-state index in [2.05, 4.69) is 12.0 Å². The van der Waals surface area contributed by atoms with E-state index < -0.39 is 5.79 Å². The van der Waals surface area contributed by atoms with Crippen molar-refractivity contribution in [2.75, 3.05) is 26.3 Å². The first kappa shape index (κ1) is 18.0. The van der Waals surface area contributed by atoms with Gasteiger partial charge in [0.05, 0.1) is 28.1 Å². The highest BCUT2D eigenvalue weighted by molar-refractivity contribution is 7.19. The molecule has 1 spiro atoms. The molecule has 0 radical (unpaired) electrons. The van der Waals surface area contributed by atoms with Crippen LogP contribution in [0.25, 0.3) is 10.6 Å². The van der Waals surface area contributed by atoms with Crippen molar-refractivity contribution in [3.8, 4) is 10.6 Å². The van der Waals surface area contributed by atoms with Gasteiger partial charge in [-0.05, 0) is 24.6 Å². The number of amides is 1. The van der Waals surface area contributed by atoms with Gasteiger partial charge in [0, 0.05) is 32.5 Å². The smallest absolute Gasteiger partial charge is 0.274 e. The zero-order valence-corrected chi connectivity index (χ0v) is 16.3. The number of hydrogen-bond acceptors (Lipinski definition) is 5. The SMILES string of the molecule is CCCn1nc(C(=O)N2CCC3(CC2)OCCO3)cc1-c1ccc(Cl)s1. The van der Waals surface area contributed by atoms with Crippen molar-refractivity contribution in [1.82, 2.24) is 14.7 Å². The summed E-state index contributed by atoms with van der Waals surface area (Å²) in [7, 11) is 0. The molecule has 6 nitrogen and oxygen atoms in total. The van der Waals surface area contributed by atoms with E-state index in [9.17, 15) is 4.79 Å². The van der Waals surface area contributed by atoms with Crippen molar-refractivity contribution in [2.45, 2.75) is 38.5 Å². The Morgan fingerprint density at radius 2 is 2.04 bits per heavy atom. The molecule has 140 valence electrons. The molecule has 2 aromatic heterocycles. The second-order valence-electron chi connectivity index (χ2n) is 6.64. The Balaban J connectivity index is 1.53. The van der Waals surface area contributed by atoms with Crippen LogP contribution in [0.1, 0.15) is 36.7 Å². The summed E-state index contributed by atoms with van der Waals surface area (Å²) in [5, 5.41) is 4.58. The summed E-state index contributed by atoms with van der Waals surface area (Å²) in [5.41, 5.74) is 1.44. The summed E-state index contributed by atoms with van der Waals surface area (Å²) < 4.78 is 14.1. The fourth-order valence-electron chi connectivity index (χ4n) is 3.55. The molecule has 26 heavy (non-hydrogen) atoms. The molecular weight excluding hydrogens is 374 g/mol. The second kappa shape index (κ2) is 7.31. The topological polar surface area (TPSA) is 56.6 Å². The number of piperidine rings is 1. The summed E-state index contributed by atoms with van der Waals surface area (Å²) >= 11 is 7.58. The normalized spacial score (nSPS) is 19.4. The minimum atomic E-state index is -0.475. The number of ether oxygens (including phenoxy) is 2. The Labute approximate surface area is 161 Å². The predicted molar refractivity (Wildman–Crippen MR) is 101 cm³/mol. The third-order valence-electron chi connectivity index (χ3n) is 4.89. The van der Waals surface area contributed by atoms with Crippen LogP contribution in [0.4, 0.5) is 0 Å². The van der Waals surface area contributed by atoms with Crippen LogP contribution in [0.15, 0.2) is 18.2 Å². The molecule has 4 rings (SSSR count). The van der Waals surface area contributed by atoms with Gasteiger partial charge in [0.1, 0.15) is 0 Å². The fraction of sp³-hybridized carbons (Fsp3) is 0.556. The Kier molecular flexibility index (Phi) is 5.05. The lowest BCUT2D eigenvalue weighted by Crippen LogP contribution is -2.47. The number of rotatable bonds is 4. The average molecular weight is 396 g/mol. The number of nitrogens with zero attached hydrogens (tertiary/aromatic N) is 3. The molecule has 2 aliphatic rings. The van der Waals surface area contributed by atoms with Crippen LogP contribution in [0.2, 0.25) is 4.34 Å². The zero-order valence-electron chi connectivity index (χ0n) is 14.7. The van der Waals surface area contributed by atoms with Crippen LogP contribution in [0, 0.1) is 0 Å². The highest BCUT2D eigenvalue weighted by Crippen LogP contribution is 2.33. The number of halogens is 1. The molecule has 0 unspecified atom stereocenters. The number of hydrogen-bond donors (Lipinski definition) is 0. The molecule has 0 aliphatic carbocycles. The molecule has 2 aliphatic heterocycles. The van der Waals surface area contributed by atoms with E-state index in [1.165, 1.54) is 11.3 Å². The van der Waals surface area contributed by atoms with Gasteiger partial charge in [-0.15, -0.1) is 11.3 Å². The number of thiophene rings is 1. The van der Waals surface area contributed by atoms with E-state index >= 15 is 0 Å². The number of aromatic nitrogens is 2. The van der Waals surface area contributed by atoms with Crippen molar-refractivity contribution in [1.29, 1.82) is 0 Å². The van der Waals surface area contributed by atoms with Gasteiger partial charge in [0.15, 0.2) is 11.5 Å². The Hall–Kier alpha value is -1.41. The molecule has 0 atom stereocenters. The van der Waals surface area contributed by atoms with Crippen molar-refractivity contribution < 1.29 is 14.3 Å². The predicted octanol–water partition coefficient (Wildman–Crippen LogP) is 3.65. The summed E-state index contributed by atoms with van der Waals surface area (Å²) in [5.74, 6) is -0.506. The summed E-state index contributed by atoms with van der Waals surface area (Å²) in [6.45, 7) is 5.40. The molecular formula is C18H22ClN3O3S. The first-order chi connectivity index (χ1) is 12.6. The summed E-state index contributed by atoms with van der Waals surface area (Å²) in [6, 6.07) is 5.73. The largest absolute Gasteiger partial charge is 0.347 e. The molecule has 0 saturated carbocycles.